The van der Waals surface area contributed by atoms with Crippen LogP contribution in [0, 0.1) is 0 Å². The van der Waals surface area contributed by atoms with E-state index in [4.69, 9.17) is 0 Å². The molecule has 0 nitrogen and oxygen atoms in total. The Kier molecular flexibility index (Phi) is 13.5. The summed E-state index contributed by atoms with van der Waals surface area (Å²) in [5.74, 6) is -1.87. The first-order valence-electron chi connectivity index (χ1n) is 24.9. The molecular formula is C64H61Cl2SiZr. The van der Waals surface area contributed by atoms with Crippen LogP contribution in [0.5, 0.6) is 0 Å². The number of rotatable bonds is 15. The third-order valence-electron chi connectivity index (χ3n) is 15.2. The summed E-state index contributed by atoms with van der Waals surface area (Å²) in [6, 6.07) is 71.4. The molecule has 0 saturated carbocycles. The van der Waals surface area contributed by atoms with Gasteiger partial charge in [0.1, 0.15) is 0 Å². The minimum atomic E-state index is -5.26. The first-order valence-corrected chi connectivity index (χ1v) is 41.3. The van der Waals surface area contributed by atoms with Crippen LogP contribution in [0.4, 0.5) is 0 Å². The second kappa shape index (κ2) is 19.7. The van der Waals surface area contributed by atoms with Gasteiger partial charge >= 0.3 is 418 Å². The van der Waals surface area contributed by atoms with Gasteiger partial charge in [-0.3, -0.25) is 0 Å². The van der Waals surface area contributed by atoms with Gasteiger partial charge in [-0.1, -0.05) is 0 Å². The van der Waals surface area contributed by atoms with Crippen molar-refractivity contribution in [1.82, 2.24) is 0 Å². The average molecular weight is 1020 g/mol. The van der Waals surface area contributed by atoms with Crippen LogP contribution < -0.4 is 0 Å². The van der Waals surface area contributed by atoms with Gasteiger partial charge in [0.25, 0.3) is 0 Å². The van der Waals surface area contributed by atoms with Gasteiger partial charge in [0.05, 0.1) is 0 Å². The van der Waals surface area contributed by atoms with E-state index in [1.165, 1.54) is 100 Å². The van der Waals surface area contributed by atoms with Gasteiger partial charge in [-0.15, -0.1) is 0 Å². The number of unbranched alkanes of at least 4 members (excludes halogenated alkanes) is 2. The van der Waals surface area contributed by atoms with Crippen molar-refractivity contribution in [3.63, 3.8) is 0 Å². The second-order valence-electron chi connectivity index (χ2n) is 19.4. The molecule has 0 aliphatic heterocycles. The number of fused-ring (bicyclic) bond motifs is 2. The van der Waals surface area contributed by atoms with E-state index in [9.17, 15) is 17.0 Å². The van der Waals surface area contributed by atoms with Crippen molar-refractivity contribution in [2.24, 2.45) is 0 Å². The molecule has 68 heavy (non-hydrogen) atoms. The van der Waals surface area contributed by atoms with Crippen molar-refractivity contribution < 1.29 is 15.6 Å². The molecule has 339 valence electrons. The van der Waals surface area contributed by atoms with Crippen LogP contribution in [0.2, 0.25) is 13.1 Å². The zero-order valence-electron chi connectivity index (χ0n) is 39.9. The van der Waals surface area contributed by atoms with E-state index >= 15 is 0 Å². The van der Waals surface area contributed by atoms with E-state index in [0.717, 1.165) is 38.5 Å². The third kappa shape index (κ3) is 8.24. The molecule has 2 unspecified atom stereocenters. The van der Waals surface area contributed by atoms with E-state index in [-0.39, 0.29) is 7.25 Å². The van der Waals surface area contributed by atoms with Crippen LogP contribution >= 0.6 is 17.0 Å². The molecule has 0 heterocycles. The van der Waals surface area contributed by atoms with Gasteiger partial charge in [-0.25, -0.2) is 0 Å². The molecule has 0 spiro atoms. The van der Waals surface area contributed by atoms with Crippen molar-refractivity contribution in [2.75, 3.05) is 0 Å². The summed E-state index contributed by atoms with van der Waals surface area (Å²) in [4.78, 5) is 0. The molecule has 4 heteroatoms. The number of halogens is 2. The first kappa shape index (κ1) is 46.6. The Bertz CT molecular complexity index is 2950. The third-order valence-corrected chi connectivity index (χ3v) is 67.0. The van der Waals surface area contributed by atoms with Gasteiger partial charge in [-0.2, -0.15) is 0 Å². The molecule has 2 aliphatic rings. The first-order chi connectivity index (χ1) is 33.2. The van der Waals surface area contributed by atoms with Crippen LogP contribution in [0.25, 0.3) is 78.9 Å². The van der Waals surface area contributed by atoms with Gasteiger partial charge in [0, 0.05) is 0 Å². The molecular weight excluding hydrogens is 959 g/mol. The summed E-state index contributed by atoms with van der Waals surface area (Å²) >= 11 is -5.26. The van der Waals surface area contributed by atoms with Crippen LogP contribution in [-0.2, 0) is 15.6 Å². The predicted molar refractivity (Wildman–Crippen MR) is 297 cm³/mol. The molecule has 8 aromatic carbocycles. The van der Waals surface area contributed by atoms with E-state index in [1.807, 2.05) is 0 Å². The molecule has 0 bridgehead atoms. The zero-order chi connectivity index (χ0) is 46.9. The molecule has 0 amide bonds. The Morgan fingerprint density at radius 3 is 1.01 bits per heavy atom. The minimum absolute atomic E-state index is 0.0183. The SMILES string of the molecule is CCCCC1=Cc2c(ccc(-c3ccccc3)c2-c2ccccc2-c2ccccc2)[CH]1[Zr]([Cl])([Cl])([CH]1C(CCCC)=Cc2c1ccc(-c1ccccc1)c2-c1ccccc1-c1ccccc1)[SiH](C)C. The Morgan fingerprint density at radius 1 is 0.382 bits per heavy atom. The average Bonchev–Trinajstić information content (AvgIpc) is 3.98. The van der Waals surface area contributed by atoms with E-state index in [0.29, 0.717) is 0 Å². The zero-order valence-corrected chi connectivity index (χ0v) is 45.0. The van der Waals surface area contributed by atoms with Crippen LogP contribution in [0.1, 0.15) is 81.9 Å². The van der Waals surface area contributed by atoms with Gasteiger partial charge < -0.3 is 0 Å². The fourth-order valence-corrected chi connectivity index (χ4v) is 43.3. The van der Waals surface area contributed by atoms with E-state index in [2.05, 4.69) is 233 Å². The second-order valence-corrected chi connectivity index (χ2v) is 61.9. The molecule has 0 saturated heterocycles. The predicted octanol–water partition coefficient (Wildman–Crippen LogP) is 19.6. The normalized spacial score (nSPS) is 15.9. The summed E-state index contributed by atoms with van der Waals surface area (Å²) < 4.78 is -0.0365. The van der Waals surface area contributed by atoms with E-state index in [1.54, 1.807) is 0 Å². The van der Waals surface area contributed by atoms with E-state index < -0.39 is 21.5 Å². The molecule has 0 N–H and O–H groups in total. The molecule has 10 rings (SSSR count). The van der Waals surface area contributed by atoms with Crippen LogP contribution in [0.3, 0.4) is 0 Å². The standard InChI is InChI=1S/2C31H27.C2H7Si.2ClH.Zr/c2*1-2-3-12-23-21-26-19-20-28(25-15-8-5-9-16-25)31(30(26)22-23)29-18-11-10-17-27(29)24-13-6-4-7-14-24;1-3-2;;;/h2*4-11,13-22H,2-3,12H2,1H3;3H,1-2H3;2*1H;/q;;;;;+2/p-2. The molecule has 2 aliphatic carbocycles. The maximum atomic E-state index is 9.26. The molecule has 0 radical (unpaired) electrons. The molecule has 2 atom stereocenters. The van der Waals surface area contributed by atoms with Crippen LogP contribution in [0.15, 0.2) is 205 Å². The number of benzene rings is 8. The Balaban J connectivity index is 1.26. The van der Waals surface area contributed by atoms with Crippen molar-refractivity contribution in [1.29, 1.82) is 0 Å². The number of hydrogen-bond acceptors (Lipinski definition) is 0. The maximum absolute atomic E-state index is 9.26. The molecule has 0 fully saturated rings. The summed E-state index contributed by atoms with van der Waals surface area (Å²) in [6.45, 7) is 9.64. The van der Waals surface area contributed by atoms with Crippen molar-refractivity contribution in [3.05, 3.63) is 228 Å². The summed E-state index contributed by atoms with van der Waals surface area (Å²) in [7, 11) is 18.5. The quantitative estimate of drug-likeness (QED) is 0.0898. The van der Waals surface area contributed by atoms with Gasteiger partial charge in [-0.05, 0) is 0 Å². The van der Waals surface area contributed by atoms with Crippen molar-refractivity contribution in [2.45, 2.75) is 72.7 Å². The summed E-state index contributed by atoms with van der Waals surface area (Å²) in [6.07, 6.45) is 11.5. The Hall–Kier alpha value is -5.08. The fourth-order valence-electron chi connectivity index (χ4n) is 11.8. The fraction of sp³-hybridized carbons (Fsp3) is 0.188. The van der Waals surface area contributed by atoms with Crippen LogP contribution in [-0.4, -0.2) is 5.92 Å². The number of hydrogen-bond donors (Lipinski definition) is 0. The van der Waals surface area contributed by atoms with Gasteiger partial charge in [0.2, 0.25) is 0 Å². The number of allylic oxidation sites excluding steroid dienone is 2. The monoisotopic (exact) mass is 1020 g/mol. The van der Waals surface area contributed by atoms with Gasteiger partial charge in [0.15, 0.2) is 0 Å². The topological polar surface area (TPSA) is 0 Å². The summed E-state index contributed by atoms with van der Waals surface area (Å²) in [5, 5.41) is 0. The summed E-state index contributed by atoms with van der Waals surface area (Å²) in [5.41, 5.74) is 23.0. The molecule has 8 aromatic rings. The van der Waals surface area contributed by atoms with Crippen molar-refractivity contribution in [3.8, 4) is 66.8 Å². The Labute approximate surface area is 414 Å². The van der Waals surface area contributed by atoms with Crippen molar-refractivity contribution >= 4 is 35.1 Å². The molecule has 0 aromatic heterocycles. The Morgan fingerprint density at radius 2 is 0.691 bits per heavy atom.